The summed E-state index contributed by atoms with van der Waals surface area (Å²) in [7, 11) is 0. The average molecular weight is 430 g/mol. The maximum atomic E-state index is 12.8. The first-order chi connectivity index (χ1) is 15.4. The first-order valence-electron chi connectivity index (χ1n) is 9.68. The van der Waals surface area contributed by atoms with Gasteiger partial charge in [0.1, 0.15) is 23.7 Å². The molecule has 0 spiro atoms. The number of nitrogens with one attached hydrogen (secondary N) is 2. The van der Waals surface area contributed by atoms with Crippen LogP contribution in [0.2, 0.25) is 0 Å². The van der Waals surface area contributed by atoms with Crippen molar-refractivity contribution >= 4 is 29.2 Å². The number of anilines is 2. The van der Waals surface area contributed by atoms with Gasteiger partial charge in [-0.2, -0.15) is 0 Å². The number of hydrogen-bond donors (Lipinski definition) is 4. The number of benzene rings is 2. The minimum atomic E-state index is -0.528. The van der Waals surface area contributed by atoms with Crippen molar-refractivity contribution in [2.24, 2.45) is 0 Å². The van der Waals surface area contributed by atoms with E-state index in [0.29, 0.717) is 11.1 Å². The van der Waals surface area contributed by atoms with Crippen molar-refractivity contribution in [1.29, 1.82) is 5.41 Å². The van der Waals surface area contributed by atoms with Gasteiger partial charge in [-0.05, 0) is 42.5 Å². The molecule has 3 aromatic rings. The lowest BCUT2D eigenvalue weighted by molar-refractivity contribution is -0.123. The molecule has 32 heavy (non-hydrogen) atoms. The zero-order valence-electron chi connectivity index (χ0n) is 17.2. The summed E-state index contributed by atoms with van der Waals surface area (Å²) in [6.45, 7) is 3.66. The lowest BCUT2D eigenvalue weighted by Crippen LogP contribution is -2.39. The average Bonchev–Trinajstić information content (AvgIpc) is 2.81. The highest BCUT2D eigenvalue weighted by Gasteiger charge is 2.21. The number of aromatic hydroxyl groups is 1. The van der Waals surface area contributed by atoms with Crippen molar-refractivity contribution < 1.29 is 14.7 Å². The van der Waals surface area contributed by atoms with Crippen LogP contribution in [0.15, 0.2) is 73.6 Å². The molecule has 0 aliphatic carbocycles. The molecule has 0 saturated carbocycles. The largest absolute Gasteiger partial charge is 0.508 e. The number of rotatable bonds is 8. The normalized spacial score (nSPS) is 10.2. The van der Waals surface area contributed by atoms with Gasteiger partial charge in [0.2, 0.25) is 0 Å². The quantitative estimate of drug-likeness (QED) is 0.317. The van der Waals surface area contributed by atoms with Gasteiger partial charge < -0.3 is 16.2 Å². The van der Waals surface area contributed by atoms with Gasteiger partial charge >= 0.3 is 0 Å². The van der Waals surface area contributed by atoms with Crippen molar-refractivity contribution in [3.05, 3.63) is 90.3 Å². The van der Waals surface area contributed by atoms with Gasteiger partial charge in [-0.1, -0.05) is 24.8 Å². The number of carbonyl (C=O) groups is 2. The van der Waals surface area contributed by atoms with E-state index in [1.54, 1.807) is 42.5 Å². The monoisotopic (exact) mass is 430 g/mol. The molecule has 162 valence electrons. The smallest absolute Gasteiger partial charge is 0.260 e. The van der Waals surface area contributed by atoms with Crippen molar-refractivity contribution in [2.45, 2.75) is 0 Å². The SMILES string of the molecule is C=CC(=O)N(CCNc1ncnc(N)c1C(=N)c1ccc(O)cc1)C(=O)c1ccccc1. The first kappa shape index (κ1) is 22.2. The molecule has 0 saturated heterocycles. The summed E-state index contributed by atoms with van der Waals surface area (Å²) >= 11 is 0. The molecule has 9 nitrogen and oxygen atoms in total. The second-order valence-electron chi connectivity index (χ2n) is 6.70. The second-order valence-corrected chi connectivity index (χ2v) is 6.70. The standard InChI is InChI=1S/C23H22N6O3/c1-2-18(31)29(23(32)16-6-4-3-5-7-16)13-12-26-22-19(21(25)27-14-28-22)20(24)15-8-10-17(30)11-9-15/h2-11,14,24,30H,1,12-13H2,(H3,25,26,27,28). The molecule has 0 aliphatic rings. The molecule has 0 fully saturated rings. The predicted molar refractivity (Wildman–Crippen MR) is 122 cm³/mol. The van der Waals surface area contributed by atoms with Gasteiger partial charge in [-0.15, -0.1) is 0 Å². The zero-order valence-corrected chi connectivity index (χ0v) is 17.2. The number of amides is 2. The Kier molecular flexibility index (Phi) is 6.92. The van der Waals surface area contributed by atoms with Crippen LogP contribution in [-0.4, -0.2) is 50.6 Å². The van der Waals surface area contributed by atoms with Crippen LogP contribution in [0.5, 0.6) is 5.75 Å². The van der Waals surface area contributed by atoms with Crippen LogP contribution in [0.4, 0.5) is 11.6 Å². The summed E-state index contributed by atoms with van der Waals surface area (Å²) < 4.78 is 0. The number of hydrogen-bond acceptors (Lipinski definition) is 8. The fourth-order valence-corrected chi connectivity index (χ4v) is 3.00. The van der Waals surface area contributed by atoms with E-state index in [1.807, 2.05) is 0 Å². The van der Waals surface area contributed by atoms with Gasteiger partial charge in [-0.25, -0.2) is 9.97 Å². The van der Waals surface area contributed by atoms with Gasteiger partial charge in [0.05, 0.1) is 11.3 Å². The Labute approximate surface area is 184 Å². The number of imide groups is 1. The third-order valence-electron chi connectivity index (χ3n) is 4.62. The number of aromatic nitrogens is 2. The summed E-state index contributed by atoms with van der Waals surface area (Å²) in [6, 6.07) is 14.5. The van der Waals surface area contributed by atoms with Crippen LogP contribution in [0, 0.1) is 5.41 Å². The molecule has 2 amide bonds. The van der Waals surface area contributed by atoms with Crippen LogP contribution in [0.25, 0.3) is 0 Å². The number of nitrogens with two attached hydrogens (primary N) is 1. The molecule has 9 heteroatoms. The van der Waals surface area contributed by atoms with Gasteiger partial charge in [0.25, 0.3) is 11.8 Å². The molecule has 0 bridgehead atoms. The maximum Gasteiger partial charge on any atom is 0.260 e. The fourth-order valence-electron chi connectivity index (χ4n) is 3.00. The third-order valence-corrected chi connectivity index (χ3v) is 4.62. The van der Waals surface area contributed by atoms with Crippen LogP contribution in [-0.2, 0) is 4.79 Å². The number of phenols is 1. The molecule has 2 aromatic carbocycles. The molecular weight excluding hydrogens is 408 g/mol. The van der Waals surface area contributed by atoms with Crippen molar-refractivity contribution in [3.63, 3.8) is 0 Å². The summed E-state index contributed by atoms with van der Waals surface area (Å²) in [5.74, 6) is -0.516. The van der Waals surface area contributed by atoms with E-state index in [2.05, 4.69) is 21.9 Å². The summed E-state index contributed by atoms with van der Waals surface area (Å²) in [5.41, 5.74) is 7.22. The van der Waals surface area contributed by atoms with Crippen molar-refractivity contribution in [1.82, 2.24) is 14.9 Å². The van der Waals surface area contributed by atoms with E-state index in [4.69, 9.17) is 11.1 Å². The minimum Gasteiger partial charge on any atom is -0.508 e. The van der Waals surface area contributed by atoms with E-state index >= 15 is 0 Å². The van der Waals surface area contributed by atoms with Gasteiger partial charge in [-0.3, -0.25) is 19.9 Å². The Morgan fingerprint density at radius 1 is 1.09 bits per heavy atom. The lowest BCUT2D eigenvalue weighted by atomic mass is 10.0. The van der Waals surface area contributed by atoms with Crippen LogP contribution in [0.3, 0.4) is 0 Å². The molecular formula is C23H22N6O3. The van der Waals surface area contributed by atoms with Crippen LogP contribution in [0.1, 0.15) is 21.5 Å². The summed E-state index contributed by atoms with van der Waals surface area (Å²) in [6.07, 6.45) is 2.34. The Hall–Kier alpha value is -4.53. The number of nitrogen functional groups attached to an aromatic ring is 1. The van der Waals surface area contributed by atoms with Gasteiger partial charge in [0.15, 0.2) is 0 Å². The van der Waals surface area contributed by atoms with Crippen LogP contribution >= 0.6 is 0 Å². The first-order valence-corrected chi connectivity index (χ1v) is 9.68. The van der Waals surface area contributed by atoms with Crippen molar-refractivity contribution in [3.8, 4) is 5.75 Å². The molecule has 0 radical (unpaired) electrons. The number of carbonyl (C=O) groups excluding carboxylic acids is 2. The Bertz CT molecular complexity index is 1150. The Morgan fingerprint density at radius 3 is 2.44 bits per heavy atom. The highest BCUT2D eigenvalue weighted by molar-refractivity contribution is 6.16. The highest BCUT2D eigenvalue weighted by Crippen LogP contribution is 2.22. The topological polar surface area (TPSA) is 145 Å². The van der Waals surface area contributed by atoms with E-state index < -0.39 is 11.8 Å². The summed E-state index contributed by atoms with van der Waals surface area (Å²) in [5, 5.41) is 21.0. The maximum absolute atomic E-state index is 12.8. The van der Waals surface area contributed by atoms with E-state index in [0.717, 1.165) is 11.0 Å². The molecule has 5 N–H and O–H groups in total. The van der Waals surface area contributed by atoms with Crippen LogP contribution < -0.4 is 11.1 Å². The fraction of sp³-hybridized carbons (Fsp3) is 0.0870. The zero-order chi connectivity index (χ0) is 23.1. The number of phenolic OH excluding ortho intramolecular Hbond substituents is 1. The predicted octanol–water partition coefficient (Wildman–Crippen LogP) is 2.45. The second kappa shape index (κ2) is 9.98. The Balaban J connectivity index is 1.78. The van der Waals surface area contributed by atoms with E-state index in [9.17, 15) is 14.7 Å². The third kappa shape index (κ3) is 4.96. The van der Waals surface area contributed by atoms with Crippen molar-refractivity contribution in [2.75, 3.05) is 24.1 Å². The molecule has 0 aliphatic heterocycles. The molecule has 0 unspecified atom stereocenters. The highest BCUT2D eigenvalue weighted by atomic mass is 16.3. The molecule has 1 aromatic heterocycles. The Morgan fingerprint density at radius 2 is 1.78 bits per heavy atom. The molecule has 1 heterocycles. The summed E-state index contributed by atoms with van der Waals surface area (Å²) in [4.78, 5) is 34.2. The molecule has 3 rings (SSSR count). The van der Waals surface area contributed by atoms with E-state index in [-0.39, 0.29) is 41.7 Å². The van der Waals surface area contributed by atoms with E-state index in [1.165, 1.54) is 18.5 Å². The van der Waals surface area contributed by atoms with Gasteiger partial charge in [0, 0.05) is 24.2 Å². The number of nitrogens with zero attached hydrogens (tertiary/aromatic N) is 3. The molecule has 0 atom stereocenters. The minimum absolute atomic E-state index is 0.0362. The lowest BCUT2D eigenvalue weighted by Gasteiger charge is -2.20.